The highest BCUT2D eigenvalue weighted by Crippen LogP contribution is 2.46. The van der Waals surface area contributed by atoms with Gasteiger partial charge in [0.05, 0.1) is 16.5 Å². The second-order valence-corrected chi connectivity index (χ2v) is 6.29. The molecule has 0 amide bonds. The van der Waals surface area contributed by atoms with Gasteiger partial charge in [-0.1, -0.05) is 13.0 Å². The van der Waals surface area contributed by atoms with E-state index < -0.39 is 0 Å². The van der Waals surface area contributed by atoms with Crippen LogP contribution in [0.25, 0.3) is 11.0 Å². The SMILES string of the molecule is CCC1(n2c(C(C)Cl)nc3c(C#N)cccc32)CCC1. The molecule has 0 N–H and O–H groups in total. The lowest BCUT2D eigenvalue weighted by Crippen LogP contribution is -2.41. The van der Waals surface area contributed by atoms with Crippen molar-refractivity contribution in [3.05, 3.63) is 29.6 Å². The van der Waals surface area contributed by atoms with Crippen molar-refractivity contribution < 1.29 is 0 Å². The predicted molar refractivity (Wildman–Crippen MR) is 80.8 cm³/mol. The zero-order valence-electron chi connectivity index (χ0n) is 11.9. The molecule has 3 rings (SSSR count). The first kappa shape index (κ1) is 13.5. The van der Waals surface area contributed by atoms with Gasteiger partial charge < -0.3 is 4.57 Å². The number of halogens is 1. The van der Waals surface area contributed by atoms with E-state index in [1.54, 1.807) is 0 Å². The second-order valence-electron chi connectivity index (χ2n) is 5.64. The van der Waals surface area contributed by atoms with Crippen LogP contribution < -0.4 is 0 Å². The first-order chi connectivity index (χ1) is 9.63. The van der Waals surface area contributed by atoms with Crippen LogP contribution in [0.2, 0.25) is 0 Å². The highest BCUT2D eigenvalue weighted by Gasteiger charge is 2.40. The van der Waals surface area contributed by atoms with Crippen LogP contribution in [0.5, 0.6) is 0 Å². The molecule has 0 bridgehead atoms. The van der Waals surface area contributed by atoms with Gasteiger partial charge in [0, 0.05) is 5.54 Å². The molecule has 1 saturated carbocycles. The Hall–Kier alpha value is -1.53. The van der Waals surface area contributed by atoms with E-state index in [9.17, 15) is 5.26 Å². The van der Waals surface area contributed by atoms with E-state index in [2.05, 4.69) is 28.6 Å². The number of imidazole rings is 1. The fourth-order valence-corrected chi connectivity index (χ4v) is 3.44. The number of rotatable bonds is 3. The van der Waals surface area contributed by atoms with Crippen molar-refractivity contribution in [3.63, 3.8) is 0 Å². The van der Waals surface area contributed by atoms with Gasteiger partial charge in [-0.3, -0.25) is 0 Å². The monoisotopic (exact) mass is 287 g/mol. The van der Waals surface area contributed by atoms with Crippen molar-refractivity contribution in [2.75, 3.05) is 0 Å². The Morgan fingerprint density at radius 1 is 1.50 bits per heavy atom. The van der Waals surface area contributed by atoms with E-state index in [1.807, 2.05) is 19.1 Å². The average Bonchev–Trinajstić information content (AvgIpc) is 2.78. The summed E-state index contributed by atoms with van der Waals surface area (Å²) in [5.41, 5.74) is 2.61. The average molecular weight is 288 g/mol. The summed E-state index contributed by atoms with van der Waals surface area (Å²) in [5.74, 6) is 0.894. The molecule has 20 heavy (non-hydrogen) atoms. The van der Waals surface area contributed by atoms with Gasteiger partial charge in [-0.05, 0) is 44.7 Å². The summed E-state index contributed by atoms with van der Waals surface area (Å²) < 4.78 is 2.31. The number of aromatic nitrogens is 2. The minimum Gasteiger partial charge on any atom is -0.320 e. The van der Waals surface area contributed by atoms with Crippen LogP contribution in [0.15, 0.2) is 18.2 Å². The Morgan fingerprint density at radius 2 is 2.25 bits per heavy atom. The van der Waals surface area contributed by atoms with Crippen molar-refractivity contribution in [2.24, 2.45) is 0 Å². The van der Waals surface area contributed by atoms with Crippen LogP contribution in [0, 0.1) is 11.3 Å². The fourth-order valence-electron chi connectivity index (χ4n) is 3.29. The summed E-state index contributed by atoms with van der Waals surface area (Å²) in [4.78, 5) is 4.69. The smallest absolute Gasteiger partial charge is 0.128 e. The lowest BCUT2D eigenvalue weighted by atomic mass is 9.74. The van der Waals surface area contributed by atoms with Crippen molar-refractivity contribution in [1.82, 2.24) is 9.55 Å². The highest BCUT2D eigenvalue weighted by atomic mass is 35.5. The molecular formula is C16H18ClN3. The normalized spacial score (nSPS) is 18.5. The van der Waals surface area contributed by atoms with E-state index in [0.717, 1.165) is 23.3 Å². The summed E-state index contributed by atoms with van der Waals surface area (Å²) in [6, 6.07) is 8.05. The lowest BCUT2D eigenvalue weighted by Gasteiger charge is -2.44. The highest BCUT2D eigenvalue weighted by molar-refractivity contribution is 6.20. The molecule has 1 heterocycles. The zero-order valence-corrected chi connectivity index (χ0v) is 12.6. The zero-order chi connectivity index (χ0) is 14.3. The minimum atomic E-state index is -0.155. The van der Waals surface area contributed by atoms with E-state index >= 15 is 0 Å². The number of fused-ring (bicyclic) bond motifs is 1. The molecule has 3 nitrogen and oxygen atoms in total. The van der Waals surface area contributed by atoms with Crippen LogP contribution in [0.1, 0.15) is 56.3 Å². The summed E-state index contributed by atoms with van der Waals surface area (Å²) >= 11 is 6.35. The standard InChI is InChI=1S/C16H18ClN3/c1-3-16(8-5-9-16)20-13-7-4-6-12(10-18)14(13)19-15(20)11(2)17/h4,6-7,11H,3,5,8-9H2,1-2H3. The molecule has 2 aromatic rings. The van der Waals surface area contributed by atoms with Crippen LogP contribution in [-0.2, 0) is 5.54 Å². The predicted octanol–water partition coefficient (Wildman–Crippen LogP) is 4.50. The van der Waals surface area contributed by atoms with Crippen molar-refractivity contribution in [3.8, 4) is 6.07 Å². The van der Waals surface area contributed by atoms with Gasteiger partial charge in [0.15, 0.2) is 0 Å². The number of hydrogen-bond donors (Lipinski definition) is 0. The molecule has 0 aliphatic heterocycles. The maximum atomic E-state index is 9.27. The topological polar surface area (TPSA) is 41.6 Å². The largest absolute Gasteiger partial charge is 0.320 e. The molecule has 1 unspecified atom stereocenters. The van der Waals surface area contributed by atoms with E-state index in [1.165, 1.54) is 19.3 Å². The quantitative estimate of drug-likeness (QED) is 0.780. The number of benzene rings is 1. The van der Waals surface area contributed by atoms with Crippen molar-refractivity contribution >= 4 is 22.6 Å². The summed E-state index contributed by atoms with van der Waals surface area (Å²) in [5, 5.41) is 9.12. The maximum absolute atomic E-state index is 9.27. The van der Waals surface area contributed by atoms with Gasteiger partial charge in [-0.2, -0.15) is 5.26 Å². The van der Waals surface area contributed by atoms with Gasteiger partial charge in [0.2, 0.25) is 0 Å². The third-order valence-electron chi connectivity index (χ3n) is 4.60. The molecule has 0 saturated heterocycles. The number of hydrogen-bond acceptors (Lipinski definition) is 2. The van der Waals surface area contributed by atoms with Crippen molar-refractivity contribution in [2.45, 2.75) is 50.4 Å². The lowest BCUT2D eigenvalue weighted by molar-refractivity contribution is 0.137. The molecule has 4 heteroatoms. The number of nitriles is 1. The van der Waals surface area contributed by atoms with Crippen LogP contribution in [0.3, 0.4) is 0 Å². The van der Waals surface area contributed by atoms with Crippen molar-refractivity contribution in [1.29, 1.82) is 5.26 Å². The van der Waals surface area contributed by atoms with E-state index in [0.29, 0.717) is 5.56 Å². The van der Waals surface area contributed by atoms with E-state index in [4.69, 9.17) is 11.6 Å². The van der Waals surface area contributed by atoms with Crippen LogP contribution in [0.4, 0.5) is 0 Å². The molecule has 1 aromatic heterocycles. The molecular weight excluding hydrogens is 270 g/mol. The Bertz CT molecular complexity index is 684. The van der Waals surface area contributed by atoms with Gasteiger partial charge in [-0.25, -0.2) is 4.98 Å². The third kappa shape index (κ3) is 1.75. The molecule has 0 radical (unpaired) electrons. The summed E-state index contributed by atoms with van der Waals surface area (Å²) in [7, 11) is 0. The summed E-state index contributed by atoms with van der Waals surface area (Å²) in [6.07, 6.45) is 4.66. The molecule has 1 aliphatic carbocycles. The third-order valence-corrected chi connectivity index (χ3v) is 4.80. The first-order valence-corrected chi connectivity index (χ1v) is 7.62. The van der Waals surface area contributed by atoms with Gasteiger partial charge in [0.1, 0.15) is 17.4 Å². The maximum Gasteiger partial charge on any atom is 0.128 e. The molecule has 1 aliphatic rings. The van der Waals surface area contributed by atoms with E-state index in [-0.39, 0.29) is 10.9 Å². The minimum absolute atomic E-state index is 0.140. The van der Waals surface area contributed by atoms with Crippen LogP contribution in [-0.4, -0.2) is 9.55 Å². The fraction of sp³-hybridized carbons (Fsp3) is 0.500. The number of alkyl halides is 1. The molecule has 1 fully saturated rings. The number of para-hydroxylation sites is 1. The van der Waals surface area contributed by atoms with Crippen LogP contribution >= 0.6 is 11.6 Å². The molecule has 1 atom stereocenters. The number of nitrogens with zero attached hydrogens (tertiary/aromatic N) is 3. The second kappa shape index (κ2) is 4.79. The molecule has 0 spiro atoms. The Kier molecular flexibility index (Phi) is 3.22. The van der Waals surface area contributed by atoms with Gasteiger partial charge >= 0.3 is 0 Å². The molecule has 104 valence electrons. The summed E-state index contributed by atoms with van der Waals surface area (Å²) in [6.45, 7) is 4.18. The molecule has 1 aromatic carbocycles. The Balaban J connectivity index is 2.34. The van der Waals surface area contributed by atoms with Gasteiger partial charge in [0.25, 0.3) is 0 Å². The Morgan fingerprint density at radius 3 is 2.75 bits per heavy atom. The first-order valence-electron chi connectivity index (χ1n) is 7.19. The van der Waals surface area contributed by atoms with Gasteiger partial charge in [-0.15, -0.1) is 11.6 Å². The Labute approximate surface area is 124 Å².